The Kier molecular flexibility index (Phi) is 3.94. The van der Waals surface area contributed by atoms with Crippen molar-refractivity contribution in [1.82, 2.24) is 25.5 Å². The van der Waals surface area contributed by atoms with E-state index in [0.29, 0.717) is 18.1 Å². The van der Waals surface area contributed by atoms with Crippen LogP contribution in [0.1, 0.15) is 26.6 Å². The van der Waals surface area contributed by atoms with Crippen molar-refractivity contribution in [3.05, 3.63) is 40.0 Å². The Balaban J connectivity index is 2.33. The van der Waals surface area contributed by atoms with Gasteiger partial charge in [-0.15, -0.1) is 5.10 Å². The average molecular weight is 294 g/mol. The Hall–Kier alpha value is -2.42. The Morgan fingerprint density at radius 3 is 2.76 bits per heavy atom. The minimum Gasteiger partial charge on any atom is -0.305 e. The number of hydrogen-bond acceptors (Lipinski definition) is 6. The van der Waals surface area contributed by atoms with Crippen LogP contribution in [0.4, 0.5) is 10.1 Å². The second-order valence-electron chi connectivity index (χ2n) is 5.50. The number of benzene rings is 1. The smallest absolute Gasteiger partial charge is 0.305 e. The molecule has 112 valence electrons. The van der Waals surface area contributed by atoms with Gasteiger partial charge in [-0.2, -0.15) is 9.07 Å². The van der Waals surface area contributed by atoms with Crippen molar-refractivity contribution in [2.75, 3.05) is 0 Å². The van der Waals surface area contributed by atoms with Crippen LogP contribution in [0.25, 0.3) is 5.69 Å². The topological polar surface area (TPSA) is 98.8 Å². The molecule has 0 aliphatic rings. The number of nitro benzene ring substituents is 1. The second-order valence-corrected chi connectivity index (χ2v) is 5.50. The number of nitro groups is 1. The van der Waals surface area contributed by atoms with Gasteiger partial charge < -0.3 is 5.32 Å². The number of tetrazole rings is 1. The molecule has 1 N–H and O–H groups in total. The summed E-state index contributed by atoms with van der Waals surface area (Å²) in [5, 5.41) is 25.2. The van der Waals surface area contributed by atoms with Crippen molar-refractivity contribution in [2.45, 2.75) is 32.9 Å². The maximum atomic E-state index is 13.4. The lowest BCUT2D eigenvalue weighted by Gasteiger charge is -2.19. The zero-order valence-electron chi connectivity index (χ0n) is 11.9. The minimum absolute atomic E-state index is 0.133. The van der Waals surface area contributed by atoms with Gasteiger partial charge in [-0.3, -0.25) is 10.1 Å². The van der Waals surface area contributed by atoms with Gasteiger partial charge >= 0.3 is 5.69 Å². The summed E-state index contributed by atoms with van der Waals surface area (Å²) >= 11 is 0. The lowest BCUT2D eigenvalue weighted by Crippen LogP contribution is -2.35. The monoisotopic (exact) mass is 294 g/mol. The summed E-state index contributed by atoms with van der Waals surface area (Å²) in [6.07, 6.45) is 0. The molecule has 0 amide bonds. The summed E-state index contributed by atoms with van der Waals surface area (Å²) < 4.78 is 14.7. The first kappa shape index (κ1) is 15.0. The minimum atomic E-state index is -0.897. The first-order valence-electron chi connectivity index (χ1n) is 6.24. The van der Waals surface area contributed by atoms with Gasteiger partial charge in [-0.1, -0.05) is 0 Å². The summed E-state index contributed by atoms with van der Waals surface area (Å²) in [5.74, 6) is -0.419. The van der Waals surface area contributed by atoms with Crippen LogP contribution in [0.3, 0.4) is 0 Å². The van der Waals surface area contributed by atoms with Crippen LogP contribution in [-0.4, -0.2) is 30.7 Å². The Bertz CT molecular complexity index is 664. The fourth-order valence-electron chi connectivity index (χ4n) is 1.63. The summed E-state index contributed by atoms with van der Waals surface area (Å²) in [6, 6.07) is 3.52. The van der Waals surface area contributed by atoms with Crippen LogP contribution in [0.5, 0.6) is 0 Å². The van der Waals surface area contributed by atoms with Crippen LogP contribution >= 0.6 is 0 Å². The van der Waals surface area contributed by atoms with E-state index in [1.165, 1.54) is 10.7 Å². The van der Waals surface area contributed by atoms with Crippen LogP contribution in [-0.2, 0) is 6.54 Å². The fraction of sp³-hybridized carbons (Fsp3) is 0.417. The van der Waals surface area contributed by atoms with E-state index in [-0.39, 0.29) is 5.54 Å². The molecule has 0 atom stereocenters. The highest BCUT2D eigenvalue weighted by Crippen LogP contribution is 2.21. The lowest BCUT2D eigenvalue weighted by atomic mass is 10.1. The van der Waals surface area contributed by atoms with Gasteiger partial charge in [0.1, 0.15) is 0 Å². The predicted molar refractivity (Wildman–Crippen MR) is 72.4 cm³/mol. The third-order valence-electron chi connectivity index (χ3n) is 2.68. The molecule has 0 bridgehead atoms. The number of rotatable bonds is 4. The van der Waals surface area contributed by atoms with E-state index >= 15 is 0 Å². The van der Waals surface area contributed by atoms with Gasteiger partial charge in [0.05, 0.1) is 17.2 Å². The molecule has 1 aromatic carbocycles. The van der Waals surface area contributed by atoms with Gasteiger partial charge in [0, 0.05) is 11.6 Å². The molecular formula is C12H15FN6O2. The summed E-state index contributed by atoms with van der Waals surface area (Å²) in [5.41, 5.74) is -0.414. The Morgan fingerprint density at radius 1 is 1.43 bits per heavy atom. The zero-order valence-corrected chi connectivity index (χ0v) is 11.9. The molecule has 2 aromatic rings. The lowest BCUT2D eigenvalue weighted by molar-refractivity contribution is -0.387. The van der Waals surface area contributed by atoms with Crippen molar-refractivity contribution in [1.29, 1.82) is 0 Å². The van der Waals surface area contributed by atoms with Gasteiger partial charge in [0.2, 0.25) is 5.82 Å². The van der Waals surface area contributed by atoms with Gasteiger partial charge in [0.25, 0.3) is 0 Å². The summed E-state index contributed by atoms with van der Waals surface area (Å²) in [4.78, 5) is 10.00. The van der Waals surface area contributed by atoms with E-state index in [9.17, 15) is 14.5 Å². The van der Waals surface area contributed by atoms with Crippen molar-refractivity contribution < 1.29 is 9.31 Å². The molecule has 0 aliphatic carbocycles. The molecule has 0 saturated heterocycles. The highest BCUT2D eigenvalue weighted by molar-refractivity contribution is 5.44. The fourth-order valence-corrected chi connectivity index (χ4v) is 1.63. The standard InChI is InChI=1S/C12H15FN6O2/c1-12(2,3)14-7-11-15-16-17-18(11)8-4-5-9(13)10(6-8)19(20)21/h4-6,14H,7H2,1-3H3. The molecule has 1 aromatic heterocycles. The average Bonchev–Trinajstić information content (AvgIpc) is 2.84. The highest BCUT2D eigenvalue weighted by atomic mass is 19.1. The van der Waals surface area contributed by atoms with E-state index in [1.54, 1.807) is 0 Å². The molecule has 0 aliphatic heterocycles. The quantitative estimate of drug-likeness (QED) is 0.679. The van der Waals surface area contributed by atoms with E-state index in [0.717, 1.165) is 12.1 Å². The number of aromatic nitrogens is 4. The van der Waals surface area contributed by atoms with E-state index in [2.05, 4.69) is 20.8 Å². The van der Waals surface area contributed by atoms with Crippen molar-refractivity contribution in [3.8, 4) is 5.69 Å². The third-order valence-corrected chi connectivity index (χ3v) is 2.68. The van der Waals surface area contributed by atoms with Crippen molar-refractivity contribution in [3.63, 3.8) is 0 Å². The highest BCUT2D eigenvalue weighted by Gasteiger charge is 2.18. The first-order valence-corrected chi connectivity index (χ1v) is 6.24. The molecule has 8 nitrogen and oxygen atoms in total. The van der Waals surface area contributed by atoms with Gasteiger partial charge in [-0.05, 0) is 43.3 Å². The Morgan fingerprint density at radius 2 is 2.14 bits per heavy atom. The largest absolute Gasteiger partial charge is 0.306 e. The van der Waals surface area contributed by atoms with E-state index in [4.69, 9.17) is 0 Å². The first-order chi connectivity index (χ1) is 9.78. The molecule has 0 radical (unpaired) electrons. The molecule has 0 unspecified atom stereocenters. The Labute approximate surface area is 120 Å². The molecule has 0 spiro atoms. The van der Waals surface area contributed by atoms with Crippen LogP contribution < -0.4 is 5.32 Å². The zero-order chi connectivity index (χ0) is 15.6. The number of hydrogen-bond donors (Lipinski definition) is 1. The number of nitrogens with zero attached hydrogens (tertiary/aromatic N) is 5. The van der Waals surface area contributed by atoms with Crippen LogP contribution in [0.15, 0.2) is 18.2 Å². The molecule has 2 rings (SSSR count). The molecule has 21 heavy (non-hydrogen) atoms. The van der Waals surface area contributed by atoms with Crippen molar-refractivity contribution >= 4 is 5.69 Å². The van der Waals surface area contributed by atoms with E-state index in [1.807, 2.05) is 20.8 Å². The molecule has 0 fully saturated rings. The molecular weight excluding hydrogens is 279 g/mol. The van der Waals surface area contributed by atoms with Crippen LogP contribution in [0, 0.1) is 15.9 Å². The number of halogens is 1. The normalized spacial score (nSPS) is 11.6. The molecule has 0 saturated carbocycles. The molecule has 9 heteroatoms. The van der Waals surface area contributed by atoms with Gasteiger partial charge in [0.15, 0.2) is 5.82 Å². The third kappa shape index (κ3) is 3.57. The van der Waals surface area contributed by atoms with Gasteiger partial charge in [-0.25, -0.2) is 0 Å². The van der Waals surface area contributed by atoms with Crippen LogP contribution in [0.2, 0.25) is 0 Å². The second kappa shape index (κ2) is 5.52. The predicted octanol–water partition coefficient (Wildman–Crippen LogP) is 1.60. The van der Waals surface area contributed by atoms with E-state index < -0.39 is 16.4 Å². The summed E-state index contributed by atoms with van der Waals surface area (Å²) in [6.45, 7) is 6.35. The maximum absolute atomic E-state index is 13.4. The maximum Gasteiger partial charge on any atom is 0.306 e. The SMILES string of the molecule is CC(C)(C)NCc1nnnn1-c1ccc(F)c([N+](=O)[O-])c1. The van der Waals surface area contributed by atoms with Crippen molar-refractivity contribution in [2.24, 2.45) is 0 Å². The molecule has 1 heterocycles. The number of nitrogens with one attached hydrogen (secondary N) is 1. The summed E-state index contributed by atoms with van der Waals surface area (Å²) in [7, 11) is 0.